The van der Waals surface area contributed by atoms with Crippen LogP contribution in [0.2, 0.25) is 0 Å². The van der Waals surface area contributed by atoms with E-state index < -0.39 is 0 Å². The first-order valence-electron chi connectivity index (χ1n) is 9.28. The average molecular weight is 330 g/mol. The summed E-state index contributed by atoms with van der Waals surface area (Å²) in [7, 11) is 0. The van der Waals surface area contributed by atoms with Crippen molar-refractivity contribution >= 4 is 12.4 Å². The van der Waals surface area contributed by atoms with Crippen molar-refractivity contribution in [1.82, 2.24) is 15.1 Å². The molecule has 3 aliphatic heterocycles. The van der Waals surface area contributed by atoms with Gasteiger partial charge in [0.15, 0.2) is 0 Å². The number of piperidine rings is 2. The predicted octanol–water partition coefficient (Wildman–Crippen LogP) is 2.85. The number of hydrogen-bond acceptors (Lipinski definition) is 3. The molecule has 2 unspecified atom stereocenters. The Balaban J connectivity index is 0.00000176. The summed E-state index contributed by atoms with van der Waals surface area (Å²) < 4.78 is 0. The Bertz CT molecular complexity index is 322. The Morgan fingerprint density at radius 3 is 2.55 bits per heavy atom. The highest BCUT2D eigenvalue weighted by Gasteiger charge is 2.32. The molecule has 3 nitrogen and oxygen atoms in total. The smallest absolute Gasteiger partial charge is 0.00481 e. The summed E-state index contributed by atoms with van der Waals surface area (Å²) in [6.45, 7) is 15.4. The predicted molar refractivity (Wildman–Crippen MR) is 96.8 cm³/mol. The number of nitrogens with one attached hydrogen (secondary N) is 1. The quantitative estimate of drug-likeness (QED) is 0.855. The molecule has 22 heavy (non-hydrogen) atoms. The Morgan fingerprint density at radius 2 is 1.86 bits per heavy atom. The Kier molecular flexibility index (Phi) is 7.00. The van der Waals surface area contributed by atoms with E-state index in [1.54, 1.807) is 0 Å². The number of hydrogen-bond donors (Lipinski definition) is 1. The fraction of sp³-hybridized carbons (Fsp3) is 1.00. The minimum atomic E-state index is 0. The summed E-state index contributed by atoms with van der Waals surface area (Å²) in [6, 6.07) is 0. The van der Waals surface area contributed by atoms with Crippen LogP contribution >= 0.6 is 12.4 Å². The molecule has 0 aromatic carbocycles. The highest BCUT2D eigenvalue weighted by atomic mass is 35.5. The van der Waals surface area contributed by atoms with Crippen molar-refractivity contribution < 1.29 is 0 Å². The van der Waals surface area contributed by atoms with Crippen LogP contribution < -0.4 is 5.32 Å². The van der Waals surface area contributed by atoms with Gasteiger partial charge in [0.2, 0.25) is 0 Å². The van der Waals surface area contributed by atoms with Gasteiger partial charge in [0.1, 0.15) is 0 Å². The van der Waals surface area contributed by atoms with Gasteiger partial charge in [0, 0.05) is 26.2 Å². The normalized spacial score (nSPS) is 35.5. The second-order valence-electron chi connectivity index (χ2n) is 8.46. The summed E-state index contributed by atoms with van der Waals surface area (Å²) in [5.74, 6) is 1.88. The van der Waals surface area contributed by atoms with Crippen LogP contribution in [-0.4, -0.2) is 62.2 Å². The van der Waals surface area contributed by atoms with Gasteiger partial charge in [-0.2, -0.15) is 0 Å². The van der Waals surface area contributed by atoms with Crippen LogP contribution in [0.5, 0.6) is 0 Å². The standard InChI is InChI=1S/C18H35N3.ClH/c1-16-5-10-20(11-6-16)12-17-4-3-9-21(13-17)15-18(2)7-8-19-14-18;/h16-17,19H,3-15H2,1-2H3;1H. The van der Waals surface area contributed by atoms with Gasteiger partial charge in [-0.15, -0.1) is 12.4 Å². The lowest BCUT2D eigenvalue weighted by Gasteiger charge is -2.40. The minimum absolute atomic E-state index is 0. The molecule has 2 atom stereocenters. The maximum Gasteiger partial charge on any atom is 0.00481 e. The van der Waals surface area contributed by atoms with Crippen LogP contribution in [0.4, 0.5) is 0 Å². The molecule has 0 radical (unpaired) electrons. The first-order chi connectivity index (χ1) is 10.1. The van der Waals surface area contributed by atoms with Crippen molar-refractivity contribution in [3.63, 3.8) is 0 Å². The summed E-state index contributed by atoms with van der Waals surface area (Å²) in [5.41, 5.74) is 0.530. The van der Waals surface area contributed by atoms with Crippen molar-refractivity contribution in [2.24, 2.45) is 17.3 Å². The molecule has 0 amide bonds. The molecule has 130 valence electrons. The van der Waals surface area contributed by atoms with Gasteiger partial charge in [-0.3, -0.25) is 0 Å². The monoisotopic (exact) mass is 329 g/mol. The van der Waals surface area contributed by atoms with Crippen LogP contribution in [-0.2, 0) is 0 Å². The van der Waals surface area contributed by atoms with Crippen molar-refractivity contribution in [1.29, 1.82) is 0 Å². The number of halogens is 1. The fourth-order valence-electron chi connectivity index (χ4n) is 4.60. The van der Waals surface area contributed by atoms with Gasteiger partial charge in [-0.05, 0) is 75.5 Å². The summed E-state index contributed by atoms with van der Waals surface area (Å²) in [4.78, 5) is 5.51. The van der Waals surface area contributed by atoms with Gasteiger partial charge < -0.3 is 15.1 Å². The molecule has 3 fully saturated rings. The molecule has 3 rings (SSSR count). The van der Waals surface area contributed by atoms with Crippen LogP contribution in [0, 0.1) is 17.3 Å². The lowest BCUT2D eigenvalue weighted by molar-refractivity contribution is 0.0879. The van der Waals surface area contributed by atoms with E-state index in [4.69, 9.17) is 0 Å². The van der Waals surface area contributed by atoms with E-state index in [0.717, 1.165) is 11.8 Å². The van der Waals surface area contributed by atoms with Crippen molar-refractivity contribution in [3.8, 4) is 0 Å². The van der Waals surface area contributed by atoms with Gasteiger partial charge in [0.05, 0.1) is 0 Å². The highest BCUT2D eigenvalue weighted by Crippen LogP contribution is 2.28. The van der Waals surface area contributed by atoms with E-state index in [-0.39, 0.29) is 12.4 Å². The van der Waals surface area contributed by atoms with E-state index in [1.807, 2.05) is 0 Å². The lowest BCUT2D eigenvalue weighted by Crippen LogP contribution is -2.46. The average Bonchev–Trinajstić information content (AvgIpc) is 2.88. The number of nitrogens with zero attached hydrogens (tertiary/aromatic N) is 2. The molecule has 0 aliphatic carbocycles. The van der Waals surface area contributed by atoms with Crippen LogP contribution in [0.1, 0.15) is 46.0 Å². The largest absolute Gasteiger partial charge is 0.316 e. The molecule has 0 aromatic heterocycles. The molecule has 4 heteroatoms. The van der Waals surface area contributed by atoms with Gasteiger partial charge >= 0.3 is 0 Å². The zero-order valence-corrected chi connectivity index (χ0v) is 15.5. The summed E-state index contributed by atoms with van der Waals surface area (Å²) in [5, 5.41) is 3.55. The molecule has 0 aromatic rings. The molecular formula is C18H36ClN3. The van der Waals surface area contributed by atoms with Crippen LogP contribution in [0.3, 0.4) is 0 Å². The first kappa shape index (κ1) is 18.5. The second-order valence-corrected chi connectivity index (χ2v) is 8.46. The minimum Gasteiger partial charge on any atom is -0.316 e. The Hall–Kier alpha value is 0.170. The maximum absolute atomic E-state index is 3.55. The third-order valence-electron chi connectivity index (χ3n) is 6.06. The highest BCUT2D eigenvalue weighted by molar-refractivity contribution is 5.85. The van der Waals surface area contributed by atoms with Gasteiger partial charge in [-0.25, -0.2) is 0 Å². The molecule has 0 spiro atoms. The molecule has 1 N–H and O–H groups in total. The van der Waals surface area contributed by atoms with Crippen molar-refractivity contribution in [2.75, 3.05) is 52.4 Å². The zero-order chi connectivity index (χ0) is 14.7. The third kappa shape index (κ3) is 5.09. The SMILES string of the molecule is CC1CCN(CC2CCCN(CC3(C)CCNC3)C2)CC1.Cl. The van der Waals surface area contributed by atoms with Crippen molar-refractivity contribution in [2.45, 2.75) is 46.0 Å². The number of rotatable bonds is 4. The van der Waals surface area contributed by atoms with Crippen LogP contribution in [0.15, 0.2) is 0 Å². The van der Waals surface area contributed by atoms with E-state index in [0.29, 0.717) is 5.41 Å². The van der Waals surface area contributed by atoms with Gasteiger partial charge in [0.25, 0.3) is 0 Å². The van der Waals surface area contributed by atoms with E-state index in [1.165, 1.54) is 84.5 Å². The lowest BCUT2D eigenvalue weighted by atomic mass is 9.87. The maximum atomic E-state index is 3.55. The fourth-order valence-corrected chi connectivity index (χ4v) is 4.60. The third-order valence-corrected chi connectivity index (χ3v) is 6.06. The Labute approximate surface area is 143 Å². The van der Waals surface area contributed by atoms with E-state index in [2.05, 4.69) is 29.0 Å². The van der Waals surface area contributed by atoms with Crippen molar-refractivity contribution in [3.05, 3.63) is 0 Å². The van der Waals surface area contributed by atoms with E-state index >= 15 is 0 Å². The topological polar surface area (TPSA) is 18.5 Å². The molecule has 3 heterocycles. The summed E-state index contributed by atoms with van der Waals surface area (Å²) >= 11 is 0. The molecular weight excluding hydrogens is 294 g/mol. The zero-order valence-electron chi connectivity index (χ0n) is 14.6. The van der Waals surface area contributed by atoms with E-state index in [9.17, 15) is 0 Å². The first-order valence-corrected chi connectivity index (χ1v) is 9.28. The number of likely N-dealkylation sites (tertiary alicyclic amines) is 2. The molecule has 0 saturated carbocycles. The summed E-state index contributed by atoms with van der Waals surface area (Å²) in [6.07, 6.45) is 7.06. The van der Waals surface area contributed by atoms with Crippen LogP contribution in [0.25, 0.3) is 0 Å². The molecule has 0 bridgehead atoms. The molecule has 3 saturated heterocycles. The molecule has 3 aliphatic rings. The Morgan fingerprint density at radius 1 is 1.09 bits per heavy atom. The van der Waals surface area contributed by atoms with Gasteiger partial charge in [-0.1, -0.05) is 13.8 Å². The second kappa shape index (κ2) is 8.32.